The third-order valence-corrected chi connectivity index (χ3v) is 3.58. The number of ether oxygens (including phenoxy) is 1. The maximum atomic E-state index is 11.8. The third kappa shape index (κ3) is 2.72. The fourth-order valence-corrected chi connectivity index (χ4v) is 2.40. The van der Waals surface area contributed by atoms with Crippen molar-refractivity contribution in [3.05, 3.63) is 15.9 Å². The zero-order valence-electron chi connectivity index (χ0n) is 11.9. The second-order valence-corrected chi connectivity index (χ2v) is 4.91. The number of rotatable bonds is 4. The number of nitrogens with one attached hydrogen (secondary N) is 1. The van der Waals surface area contributed by atoms with Crippen molar-refractivity contribution in [2.24, 2.45) is 0 Å². The van der Waals surface area contributed by atoms with Gasteiger partial charge in [0.05, 0.1) is 12.2 Å². The van der Waals surface area contributed by atoms with Gasteiger partial charge in [-0.1, -0.05) is 0 Å². The number of hydrogen-bond acceptors (Lipinski definition) is 8. The molecule has 6 N–H and O–H groups in total. The Morgan fingerprint density at radius 2 is 2.10 bits per heavy atom. The van der Waals surface area contributed by atoms with Crippen molar-refractivity contribution in [3.8, 4) is 0 Å². The van der Waals surface area contributed by atoms with Gasteiger partial charge >= 0.3 is 0 Å². The molecule has 0 saturated carbocycles. The largest absolute Gasteiger partial charge is 0.394 e. The Morgan fingerprint density at radius 1 is 1.43 bits per heavy atom. The molecule has 0 bridgehead atoms. The van der Waals surface area contributed by atoms with Crippen LogP contribution in [0.25, 0.3) is 0 Å². The molecule has 4 atom stereocenters. The lowest BCUT2D eigenvalue weighted by Gasteiger charge is -2.31. The molecule has 21 heavy (non-hydrogen) atoms. The minimum atomic E-state index is -1.23. The molecule has 1 aromatic heterocycles. The second-order valence-electron chi connectivity index (χ2n) is 4.91. The highest BCUT2D eigenvalue weighted by Crippen LogP contribution is 2.28. The van der Waals surface area contributed by atoms with Crippen molar-refractivity contribution >= 4 is 11.8 Å². The normalized spacial score (nSPS) is 28.8. The fourth-order valence-electron chi connectivity index (χ4n) is 2.40. The first-order valence-electron chi connectivity index (χ1n) is 6.66. The predicted molar refractivity (Wildman–Crippen MR) is 74.8 cm³/mol. The van der Waals surface area contributed by atoms with Crippen molar-refractivity contribution in [3.63, 3.8) is 0 Å². The van der Waals surface area contributed by atoms with Gasteiger partial charge in [-0.2, -0.15) is 4.98 Å². The average Bonchev–Trinajstić information content (AvgIpc) is 2.73. The molecule has 1 saturated heterocycles. The Kier molecular flexibility index (Phi) is 4.47. The van der Waals surface area contributed by atoms with Gasteiger partial charge in [-0.15, -0.1) is 0 Å². The van der Waals surface area contributed by atoms with Crippen LogP contribution in [0.4, 0.5) is 11.8 Å². The molecule has 9 heteroatoms. The monoisotopic (exact) mass is 300 g/mol. The predicted octanol–water partition coefficient (Wildman–Crippen LogP) is -2.07. The minimum Gasteiger partial charge on any atom is -0.394 e. The van der Waals surface area contributed by atoms with E-state index >= 15 is 0 Å². The highest BCUT2D eigenvalue weighted by molar-refractivity contribution is 5.48. The van der Waals surface area contributed by atoms with Gasteiger partial charge in [-0.25, -0.2) is 0 Å². The number of aromatic nitrogens is 2. The van der Waals surface area contributed by atoms with Gasteiger partial charge in [-0.3, -0.25) is 9.78 Å². The Labute approximate surface area is 121 Å². The first-order valence-corrected chi connectivity index (χ1v) is 6.66. The first kappa shape index (κ1) is 15.7. The molecule has 118 valence electrons. The molecule has 0 unspecified atom stereocenters. The summed E-state index contributed by atoms with van der Waals surface area (Å²) >= 11 is 0. The van der Waals surface area contributed by atoms with Crippen molar-refractivity contribution in [1.29, 1.82) is 0 Å². The van der Waals surface area contributed by atoms with E-state index in [1.165, 1.54) is 4.90 Å². The molecular formula is C12H20N4O5. The maximum absolute atomic E-state index is 11.8. The fraction of sp³-hybridized carbons (Fsp3) is 0.667. The summed E-state index contributed by atoms with van der Waals surface area (Å²) in [7, 11) is 0. The minimum absolute atomic E-state index is 0.0502. The topological polar surface area (TPSA) is 145 Å². The van der Waals surface area contributed by atoms with Gasteiger partial charge in [-0.05, 0) is 13.8 Å². The summed E-state index contributed by atoms with van der Waals surface area (Å²) in [6, 6.07) is 0. The molecular weight excluding hydrogens is 280 g/mol. The second kappa shape index (κ2) is 5.98. The summed E-state index contributed by atoms with van der Waals surface area (Å²) in [5.41, 5.74) is 5.49. The van der Waals surface area contributed by atoms with Crippen molar-refractivity contribution in [2.75, 3.05) is 23.8 Å². The Bertz CT molecular complexity index is 563. The van der Waals surface area contributed by atoms with Crippen LogP contribution in [-0.4, -0.2) is 63.0 Å². The maximum Gasteiger partial charge on any atom is 0.257 e. The number of aromatic amines is 1. The molecule has 0 radical (unpaired) electrons. The van der Waals surface area contributed by atoms with Crippen LogP contribution in [0.2, 0.25) is 0 Å². The number of anilines is 2. The lowest BCUT2D eigenvalue weighted by atomic mass is 10.1. The SMILES string of the molecule is CCN(c1nc(N)[nH]c(=O)c1C)[C@@H]1O[C@H](CO)[C@@H](O)[C@H]1O. The van der Waals surface area contributed by atoms with Crippen LogP contribution in [-0.2, 0) is 4.74 Å². The van der Waals surface area contributed by atoms with Gasteiger partial charge in [0.15, 0.2) is 6.23 Å². The molecule has 0 aliphatic carbocycles. The smallest absolute Gasteiger partial charge is 0.257 e. The van der Waals surface area contributed by atoms with Gasteiger partial charge in [0.25, 0.3) is 5.56 Å². The summed E-state index contributed by atoms with van der Waals surface area (Å²) in [6.07, 6.45) is -4.26. The zero-order chi connectivity index (χ0) is 15.7. The zero-order valence-corrected chi connectivity index (χ0v) is 11.9. The van der Waals surface area contributed by atoms with Gasteiger partial charge in [0.1, 0.15) is 24.1 Å². The van der Waals surface area contributed by atoms with E-state index in [0.29, 0.717) is 12.1 Å². The standard InChI is InChI=1S/C12H20N4O5/c1-3-16(9-5(2)10(20)15-12(13)14-9)11-8(19)7(18)6(4-17)21-11/h6-8,11,17-19H,3-4H2,1-2H3,(H3,13,14,15,20)/t6-,7-,8-,11-/m1/s1. The van der Waals surface area contributed by atoms with Crippen LogP contribution in [0, 0.1) is 6.92 Å². The van der Waals surface area contributed by atoms with Gasteiger partial charge in [0.2, 0.25) is 5.95 Å². The van der Waals surface area contributed by atoms with Crippen molar-refractivity contribution < 1.29 is 20.1 Å². The Morgan fingerprint density at radius 3 is 2.62 bits per heavy atom. The number of likely N-dealkylation sites (N-methyl/N-ethyl adjacent to an activating group) is 1. The van der Waals surface area contributed by atoms with Crippen LogP contribution >= 0.6 is 0 Å². The van der Waals surface area contributed by atoms with Crippen LogP contribution in [0.1, 0.15) is 12.5 Å². The van der Waals surface area contributed by atoms with E-state index in [9.17, 15) is 15.0 Å². The summed E-state index contributed by atoms with van der Waals surface area (Å²) in [5.74, 6) is 0.222. The molecule has 0 spiro atoms. The van der Waals surface area contributed by atoms with E-state index in [4.69, 9.17) is 15.6 Å². The summed E-state index contributed by atoms with van der Waals surface area (Å²) < 4.78 is 5.46. The molecule has 1 aliphatic rings. The van der Waals surface area contributed by atoms with E-state index < -0.39 is 31.1 Å². The van der Waals surface area contributed by atoms with Crippen molar-refractivity contribution in [2.45, 2.75) is 38.4 Å². The van der Waals surface area contributed by atoms with E-state index in [1.807, 2.05) is 0 Å². The molecule has 2 heterocycles. The lowest BCUT2D eigenvalue weighted by Crippen LogP contribution is -2.45. The Balaban J connectivity index is 2.39. The van der Waals surface area contributed by atoms with Crippen molar-refractivity contribution in [1.82, 2.24) is 9.97 Å². The number of aliphatic hydroxyl groups excluding tert-OH is 3. The van der Waals surface area contributed by atoms with Crippen LogP contribution in [0.3, 0.4) is 0 Å². The van der Waals surface area contributed by atoms with Crippen LogP contribution < -0.4 is 16.2 Å². The lowest BCUT2D eigenvalue weighted by molar-refractivity contribution is -0.0224. The van der Waals surface area contributed by atoms with Crippen LogP contribution in [0.15, 0.2) is 4.79 Å². The summed E-state index contributed by atoms with van der Waals surface area (Å²) in [5, 5.41) is 29.0. The van der Waals surface area contributed by atoms with E-state index in [0.717, 1.165) is 0 Å². The highest BCUT2D eigenvalue weighted by Gasteiger charge is 2.45. The molecule has 1 aliphatic heterocycles. The molecule has 2 rings (SSSR count). The molecule has 0 amide bonds. The molecule has 9 nitrogen and oxygen atoms in total. The number of hydrogen-bond donors (Lipinski definition) is 5. The number of aliphatic hydroxyl groups is 3. The number of nitrogen functional groups attached to an aromatic ring is 1. The molecule has 0 aromatic carbocycles. The molecule has 1 aromatic rings. The quantitative estimate of drug-likeness (QED) is 0.426. The summed E-state index contributed by atoms with van der Waals surface area (Å²) in [4.78, 5) is 19.8. The van der Waals surface area contributed by atoms with Gasteiger partial charge in [0, 0.05) is 6.54 Å². The average molecular weight is 300 g/mol. The molecule has 1 fully saturated rings. The third-order valence-electron chi connectivity index (χ3n) is 3.58. The summed E-state index contributed by atoms with van der Waals surface area (Å²) in [6.45, 7) is 3.30. The first-order chi connectivity index (χ1) is 9.90. The Hall–Kier alpha value is -1.68. The number of nitrogens with two attached hydrogens (primary N) is 1. The van der Waals surface area contributed by atoms with E-state index in [1.54, 1.807) is 13.8 Å². The number of nitrogens with zero attached hydrogens (tertiary/aromatic N) is 2. The number of H-pyrrole nitrogens is 1. The van der Waals surface area contributed by atoms with E-state index in [2.05, 4.69) is 9.97 Å². The van der Waals surface area contributed by atoms with E-state index in [-0.39, 0.29) is 17.3 Å². The van der Waals surface area contributed by atoms with Gasteiger partial charge < -0.3 is 30.7 Å². The highest BCUT2D eigenvalue weighted by atomic mass is 16.6. The van der Waals surface area contributed by atoms with Crippen LogP contribution in [0.5, 0.6) is 0 Å².